The van der Waals surface area contributed by atoms with Crippen molar-refractivity contribution in [1.29, 1.82) is 0 Å². The van der Waals surface area contributed by atoms with Crippen molar-refractivity contribution in [1.82, 2.24) is 5.32 Å². The predicted molar refractivity (Wildman–Crippen MR) is 89.8 cm³/mol. The van der Waals surface area contributed by atoms with Gasteiger partial charge in [0, 0.05) is 17.6 Å². The van der Waals surface area contributed by atoms with E-state index in [4.69, 9.17) is 4.74 Å². The molecule has 21 heavy (non-hydrogen) atoms. The quantitative estimate of drug-likeness (QED) is 0.754. The monoisotopic (exact) mass is 289 g/mol. The van der Waals surface area contributed by atoms with Crippen molar-refractivity contribution in [2.75, 3.05) is 7.11 Å². The number of hydrogen-bond donors (Lipinski definition) is 1. The van der Waals surface area contributed by atoms with Gasteiger partial charge in [-0.3, -0.25) is 0 Å². The van der Waals surface area contributed by atoms with Crippen LogP contribution in [0.3, 0.4) is 0 Å². The van der Waals surface area contributed by atoms with E-state index in [1.165, 1.54) is 44.1 Å². The van der Waals surface area contributed by atoms with Gasteiger partial charge in [-0.05, 0) is 37.7 Å². The molecule has 1 aliphatic carbocycles. The molecule has 0 heterocycles. The third kappa shape index (κ3) is 4.23. The SMILES string of the molecule is CCC(NC(CC)C1CCCCC1)c1ccccc1OC. The van der Waals surface area contributed by atoms with Gasteiger partial charge in [0.05, 0.1) is 7.11 Å². The summed E-state index contributed by atoms with van der Waals surface area (Å²) in [5, 5.41) is 3.93. The van der Waals surface area contributed by atoms with E-state index in [2.05, 4.69) is 37.4 Å². The highest BCUT2D eigenvalue weighted by molar-refractivity contribution is 5.35. The Labute approximate surface area is 130 Å². The zero-order valence-electron chi connectivity index (χ0n) is 13.9. The molecule has 1 aromatic rings. The lowest BCUT2D eigenvalue weighted by Gasteiger charge is -2.34. The van der Waals surface area contributed by atoms with Crippen molar-refractivity contribution < 1.29 is 4.74 Å². The van der Waals surface area contributed by atoms with E-state index >= 15 is 0 Å². The highest BCUT2D eigenvalue weighted by atomic mass is 16.5. The maximum absolute atomic E-state index is 5.55. The molecule has 2 unspecified atom stereocenters. The minimum Gasteiger partial charge on any atom is -0.496 e. The van der Waals surface area contributed by atoms with Gasteiger partial charge in [-0.15, -0.1) is 0 Å². The lowest BCUT2D eigenvalue weighted by atomic mass is 9.82. The number of nitrogens with one attached hydrogen (secondary N) is 1. The topological polar surface area (TPSA) is 21.3 Å². The Hall–Kier alpha value is -1.02. The van der Waals surface area contributed by atoms with Crippen molar-refractivity contribution in [3.05, 3.63) is 29.8 Å². The molecule has 0 bridgehead atoms. The zero-order valence-corrected chi connectivity index (χ0v) is 13.9. The van der Waals surface area contributed by atoms with Crippen LogP contribution in [0.15, 0.2) is 24.3 Å². The standard InChI is InChI=1S/C19H31NO/c1-4-17(15-11-7-6-8-12-15)20-18(5-2)16-13-9-10-14-19(16)21-3/h9-10,13-15,17-18,20H,4-8,11-12H2,1-3H3. The van der Waals surface area contributed by atoms with Gasteiger partial charge in [-0.2, -0.15) is 0 Å². The van der Waals surface area contributed by atoms with Gasteiger partial charge in [0.1, 0.15) is 5.75 Å². The Bertz CT molecular complexity index is 412. The van der Waals surface area contributed by atoms with Crippen LogP contribution in [0.2, 0.25) is 0 Å². The van der Waals surface area contributed by atoms with E-state index in [1.807, 2.05) is 6.07 Å². The van der Waals surface area contributed by atoms with Gasteiger partial charge in [0.25, 0.3) is 0 Å². The van der Waals surface area contributed by atoms with E-state index in [1.54, 1.807) is 7.11 Å². The van der Waals surface area contributed by atoms with Crippen LogP contribution in [0.5, 0.6) is 5.75 Å². The Morgan fingerprint density at radius 3 is 2.43 bits per heavy atom. The molecule has 0 radical (unpaired) electrons. The molecule has 1 saturated carbocycles. The maximum Gasteiger partial charge on any atom is 0.123 e. The summed E-state index contributed by atoms with van der Waals surface area (Å²) in [5.41, 5.74) is 1.30. The summed E-state index contributed by atoms with van der Waals surface area (Å²) in [5.74, 6) is 1.86. The molecule has 1 aromatic carbocycles. The minimum absolute atomic E-state index is 0.396. The summed E-state index contributed by atoms with van der Waals surface area (Å²) in [4.78, 5) is 0. The lowest BCUT2D eigenvalue weighted by molar-refractivity contribution is 0.242. The molecule has 0 amide bonds. The molecular formula is C19H31NO. The van der Waals surface area contributed by atoms with Crippen LogP contribution in [0.4, 0.5) is 0 Å². The number of benzene rings is 1. The second kappa shape index (κ2) is 8.43. The van der Waals surface area contributed by atoms with E-state index in [9.17, 15) is 0 Å². The molecule has 0 spiro atoms. The number of ether oxygens (including phenoxy) is 1. The number of para-hydroxylation sites is 1. The summed E-state index contributed by atoms with van der Waals surface area (Å²) in [6.07, 6.45) is 9.36. The molecule has 2 atom stereocenters. The van der Waals surface area contributed by atoms with Gasteiger partial charge in [-0.1, -0.05) is 51.3 Å². The highest BCUT2D eigenvalue weighted by Crippen LogP contribution is 2.32. The van der Waals surface area contributed by atoms with Crippen LogP contribution in [0.1, 0.15) is 70.4 Å². The van der Waals surface area contributed by atoms with Crippen LogP contribution < -0.4 is 10.1 Å². The first-order chi connectivity index (χ1) is 10.3. The first-order valence-corrected chi connectivity index (χ1v) is 8.69. The third-order valence-electron chi connectivity index (χ3n) is 5.00. The average molecular weight is 289 g/mol. The molecular weight excluding hydrogens is 258 g/mol. The highest BCUT2D eigenvalue weighted by Gasteiger charge is 2.25. The molecule has 0 saturated heterocycles. The normalized spacial score (nSPS) is 19.2. The van der Waals surface area contributed by atoms with Gasteiger partial charge < -0.3 is 10.1 Å². The number of hydrogen-bond acceptors (Lipinski definition) is 2. The molecule has 1 N–H and O–H groups in total. The van der Waals surface area contributed by atoms with Gasteiger partial charge in [0.15, 0.2) is 0 Å². The van der Waals surface area contributed by atoms with Crippen molar-refractivity contribution in [3.63, 3.8) is 0 Å². The molecule has 1 fully saturated rings. The van der Waals surface area contributed by atoms with Gasteiger partial charge in [-0.25, -0.2) is 0 Å². The fourth-order valence-electron chi connectivity index (χ4n) is 3.76. The Kier molecular flexibility index (Phi) is 6.56. The second-order valence-corrected chi connectivity index (χ2v) is 6.28. The van der Waals surface area contributed by atoms with Crippen molar-refractivity contribution in [2.45, 2.75) is 70.9 Å². The van der Waals surface area contributed by atoms with Crippen LogP contribution in [0, 0.1) is 5.92 Å². The van der Waals surface area contributed by atoms with E-state index in [-0.39, 0.29) is 0 Å². The summed E-state index contributed by atoms with van der Waals surface area (Å²) in [6, 6.07) is 9.47. The van der Waals surface area contributed by atoms with Gasteiger partial charge in [0.2, 0.25) is 0 Å². The van der Waals surface area contributed by atoms with E-state index in [0.29, 0.717) is 12.1 Å². The molecule has 0 aromatic heterocycles. The summed E-state index contributed by atoms with van der Waals surface area (Å²) < 4.78 is 5.55. The summed E-state index contributed by atoms with van der Waals surface area (Å²) >= 11 is 0. The Morgan fingerprint density at radius 2 is 1.81 bits per heavy atom. The third-order valence-corrected chi connectivity index (χ3v) is 5.00. The number of rotatable bonds is 7. The minimum atomic E-state index is 0.396. The Morgan fingerprint density at radius 1 is 1.10 bits per heavy atom. The maximum atomic E-state index is 5.55. The smallest absolute Gasteiger partial charge is 0.123 e. The van der Waals surface area contributed by atoms with Gasteiger partial charge >= 0.3 is 0 Å². The van der Waals surface area contributed by atoms with Crippen LogP contribution in [-0.2, 0) is 0 Å². The fraction of sp³-hybridized carbons (Fsp3) is 0.684. The van der Waals surface area contributed by atoms with Crippen molar-refractivity contribution in [2.24, 2.45) is 5.92 Å². The summed E-state index contributed by atoms with van der Waals surface area (Å²) in [7, 11) is 1.77. The average Bonchev–Trinajstić information content (AvgIpc) is 2.57. The van der Waals surface area contributed by atoms with Crippen molar-refractivity contribution >= 4 is 0 Å². The van der Waals surface area contributed by atoms with Crippen LogP contribution in [0.25, 0.3) is 0 Å². The largest absolute Gasteiger partial charge is 0.496 e. The van der Waals surface area contributed by atoms with Crippen molar-refractivity contribution in [3.8, 4) is 5.75 Å². The molecule has 2 rings (SSSR count). The van der Waals surface area contributed by atoms with E-state index < -0.39 is 0 Å². The Balaban J connectivity index is 2.09. The first kappa shape index (κ1) is 16.4. The molecule has 2 heteroatoms. The zero-order chi connectivity index (χ0) is 15.1. The number of methoxy groups -OCH3 is 1. The predicted octanol–water partition coefficient (Wildman–Crippen LogP) is 5.09. The fourth-order valence-corrected chi connectivity index (χ4v) is 3.76. The second-order valence-electron chi connectivity index (χ2n) is 6.28. The molecule has 0 aliphatic heterocycles. The van der Waals surface area contributed by atoms with E-state index in [0.717, 1.165) is 18.1 Å². The molecule has 1 aliphatic rings. The summed E-state index contributed by atoms with van der Waals surface area (Å²) in [6.45, 7) is 4.58. The molecule has 118 valence electrons. The van der Waals surface area contributed by atoms with Crippen LogP contribution >= 0.6 is 0 Å². The van der Waals surface area contributed by atoms with Crippen LogP contribution in [-0.4, -0.2) is 13.2 Å². The first-order valence-electron chi connectivity index (χ1n) is 8.69. The molecule has 2 nitrogen and oxygen atoms in total. The lowest BCUT2D eigenvalue weighted by Crippen LogP contribution is -2.39.